The van der Waals surface area contributed by atoms with E-state index >= 15 is 0 Å². The summed E-state index contributed by atoms with van der Waals surface area (Å²) in [5.41, 5.74) is 3.52. The molecular weight excluding hydrogens is 419 g/mol. The molecule has 0 bridgehead atoms. The van der Waals surface area contributed by atoms with E-state index in [2.05, 4.69) is 11.4 Å². The zero-order valence-corrected chi connectivity index (χ0v) is 18.6. The molecule has 5 nitrogen and oxygen atoms in total. The number of amides is 1. The third-order valence-corrected chi connectivity index (χ3v) is 6.30. The van der Waals surface area contributed by atoms with Crippen molar-refractivity contribution in [2.24, 2.45) is 0 Å². The van der Waals surface area contributed by atoms with Gasteiger partial charge in [-0.2, -0.15) is 0 Å². The van der Waals surface area contributed by atoms with Gasteiger partial charge in [0.1, 0.15) is 6.54 Å². The number of sulfonamides is 1. The van der Waals surface area contributed by atoms with Gasteiger partial charge in [-0.1, -0.05) is 53.9 Å². The summed E-state index contributed by atoms with van der Waals surface area (Å²) in [7, 11) is -3.69. The Balaban J connectivity index is 2.24. The number of benzene rings is 2. The predicted octanol–water partition coefficient (Wildman–Crippen LogP) is 4.64. The number of rotatable bonds is 7. The highest BCUT2D eigenvalue weighted by Gasteiger charge is 2.23. The number of hydrogen-bond acceptors (Lipinski definition) is 3. The van der Waals surface area contributed by atoms with Crippen molar-refractivity contribution in [3.63, 3.8) is 0 Å². The first-order valence-corrected chi connectivity index (χ1v) is 11.4. The van der Waals surface area contributed by atoms with Crippen molar-refractivity contribution < 1.29 is 13.2 Å². The highest BCUT2D eigenvalue weighted by atomic mass is 35.5. The molecular formula is C20H24Cl2N2O3S. The topological polar surface area (TPSA) is 66.5 Å². The van der Waals surface area contributed by atoms with E-state index < -0.39 is 15.9 Å². The van der Waals surface area contributed by atoms with Crippen LogP contribution in [0.25, 0.3) is 0 Å². The fraction of sp³-hybridized carbons (Fsp3) is 0.350. The molecule has 2 rings (SSSR count). The molecule has 0 fully saturated rings. The van der Waals surface area contributed by atoms with E-state index in [1.54, 1.807) is 0 Å². The van der Waals surface area contributed by atoms with Crippen LogP contribution in [0.2, 0.25) is 10.0 Å². The largest absolute Gasteiger partial charge is 0.348 e. The predicted molar refractivity (Wildman–Crippen MR) is 116 cm³/mol. The Kier molecular flexibility index (Phi) is 7.37. The summed E-state index contributed by atoms with van der Waals surface area (Å²) in [6.07, 6.45) is 1.73. The van der Waals surface area contributed by atoms with Crippen LogP contribution in [-0.2, 0) is 14.8 Å². The number of nitrogens with one attached hydrogen (secondary N) is 1. The summed E-state index contributed by atoms with van der Waals surface area (Å²) in [4.78, 5) is 12.7. The molecule has 1 atom stereocenters. The van der Waals surface area contributed by atoms with Crippen LogP contribution in [0.4, 0.5) is 5.69 Å². The number of aryl methyl sites for hydroxylation is 2. The molecule has 0 aliphatic heterocycles. The third-order valence-electron chi connectivity index (χ3n) is 4.42. The van der Waals surface area contributed by atoms with Crippen LogP contribution in [0, 0.1) is 13.8 Å². The highest BCUT2D eigenvalue weighted by Crippen LogP contribution is 2.28. The van der Waals surface area contributed by atoms with Gasteiger partial charge in [0.15, 0.2) is 0 Å². The first-order chi connectivity index (χ1) is 13.0. The number of carbonyl (C=O) groups excluding carboxylic acids is 1. The number of nitrogens with zero attached hydrogens (tertiary/aromatic N) is 1. The molecule has 152 valence electrons. The molecule has 2 aromatic carbocycles. The van der Waals surface area contributed by atoms with Crippen molar-refractivity contribution in [2.75, 3.05) is 17.1 Å². The summed E-state index contributed by atoms with van der Waals surface area (Å²) in [6, 6.07) is 10.3. The van der Waals surface area contributed by atoms with Crippen molar-refractivity contribution >= 4 is 44.8 Å². The zero-order valence-electron chi connectivity index (χ0n) is 16.3. The Morgan fingerprint density at radius 1 is 1.11 bits per heavy atom. The Hall–Kier alpha value is -1.76. The lowest BCUT2D eigenvalue weighted by atomic mass is 9.97. The maximum atomic E-state index is 12.7. The number of carbonyl (C=O) groups is 1. The minimum absolute atomic E-state index is 0.205. The van der Waals surface area contributed by atoms with Crippen molar-refractivity contribution in [1.29, 1.82) is 0 Å². The molecule has 0 aromatic heterocycles. The van der Waals surface area contributed by atoms with E-state index in [1.165, 1.54) is 18.2 Å². The molecule has 0 radical (unpaired) electrons. The molecule has 1 N–H and O–H groups in total. The monoisotopic (exact) mass is 442 g/mol. The molecule has 0 aliphatic carbocycles. The third kappa shape index (κ3) is 5.63. The van der Waals surface area contributed by atoms with Gasteiger partial charge in [0, 0.05) is 0 Å². The van der Waals surface area contributed by atoms with Gasteiger partial charge in [-0.05, 0) is 49.6 Å². The number of anilines is 1. The van der Waals surface area contributed by atoms with Gasteiger partial charge in [0.05, 0.1) is 28.0 Å². The Labute approximate surface area is 176 Å². The molecule has 0 saturated heterocycles. The van der Waals surface area contributed by atoms with Crippen molar-refractivity contribution in [3.8, 4) is 0 Å². The van der Waals surface area contributed by atoms with Crippen molar-refractivity contribution in [1.82, 2.24) is 5.32 Å². The van der Waals surface area contributed by atoms with Crippen LogP contribution in [0.15, 0.2) is 36.4 Å². The molecule has 0 aliphatic rings. The second-order valence-electron chi connectivity index (χ2n) is 6.76. The first kappa shape index (κ1) is 22.5. The molecule has 0 saturated carbocycles. The van der Waals surface area contributed by atoms with Crippen LogP contribution in [0.1, 0.15) is 36.1 Å². The van der Waals surface area contributed by atoms with Gasteiger partial charge >= 0.3 is 0 Å². The molecule has 1 amide bonds. The fourth-order valence-electron chi connectivity index (χ4n) is 3.03. The van der Waals surface area contributed by atoms with E-state index in [0.717, 1.165) is 27.3 Å². The Bertz CT molecular complexity index is 977. The average molecular weight is 443 g/mol. The molecule has 0 heterocycles. The standard InChI is InChI=1S/C20H24Cl2N2O3S/c1-5-19(16-8-6-13(2)10-14(16)3)23-20(25)12-24(28(4,26)27)15-7-9-17(21)18(22)11-15/h6-11,19H,5,12H2,1-4H3,(H,23,25). The normalized spacial score (nSPS) is 12.5. The van der Waals surface area contributed by atoms with Gasteiger partial charge in [0.25, 0.3) is 0 Å². The lowest BCUT2D eigenvalue weighted by Gasteiger charge is -2.25. The van der Waals surface area contributed by atoms with Gasteiger partial charge < -0.3 is 5.32 Å². The van der Waals surface area contributed by atoms with Crippen molar-refractivity contribution in [3.05, 3.63) is 63.1 Å². The van der Waals surface area contributed by atoms with Crippen LogP contribution in [0.5, 0.6) is 0 Å². The SMILES string of the molecule is CCC(NC(=O)CN(c1ccc(Cl)c(Cl)c1)S(C)(=O)=O)c1ccc(C)cc1C. The molecule has 1 unspecified atom stereocenters. The molecule has 2 aromatic rings. The van der Waals surface area contributed by atoms with Crippen LogP contribution in [0.3, 0.4) is 0 Å². The van der Waals surface area contributed by atoms with Crippen LogP contribution < -0.4 is 9.62 Å². The van der Waals surface area contributed by atoms with E-state index in [9.17, 15) is 13.2 Å². The Morgan fingerprint density at radius 2 is 1.79 bits per heavy atom. The van der Waals surface area contributed by atoms with Gasteiger partial charge in [-0.15, -0.1) is 0 Å². The smallest absolute Gasteiger partial charge is 0.241 e. The zero-order chi connectivity index (χ0) is 21.1. The van der Waals surface area contributed by atoms with E-state index in [0.29, 0.717) is 11.4 Å². The average Bonchev–Trinajstić information content (AvgIpc) is 2.59. The fourth-order valence-corrected chi connectivity index (χ4v) is 4.17. The Morgan fingerprint density at radius 3 is 2.32 bits per heavy atom. The van der Waals surface area contributed by atoms with Gasteiger partial charge in [-0.3, -0.25) is 9.10 Å². The van der Waals surface area contributed by atoms with Crippen molar-refractivity contribution in [2.45, 2.75) is 33.2 Å². The molecule has 0 spiro atoms. The maximum absolute atomic E-state index is 12.7. The van der Waals surface area contributed by atoms with Gasteiger partial charge in [-0.25, -0.2) is 8.42 Å². The van der Waals surface area contributed by atoms with E-state index in [1.807, 2.05) is 32.9 Å². The molecule has 28 heavy (non-hydrogen) atoms. The second kappa shape index (κ2) is 9.16. The lowest BCUT2D eigenvalue weighted by Crippen LogP contribution is -2.41. The van der Waals surface area contributed by atoms with Gasteiger partial charge in [0.2, 0.25) is 15.9 Å². The summed E-state index contributed by atoms with van der Waals surface area (Å²) in [5, 5.41) is 3.46. The van der Waals surface area contributed by atoms with E-state index in [4.69, 9.17) is 23.2 Å². The quantitative estimate of drug-likeness (QED) is 0.678. The van der Waals surface area contributed by atoms with Crippen LogP contribution in [-0.4, -0.2) is 27.1 Å². The maximum Gasteiger partial charge on any atom is 0.241 e. The minimum atomic E-state index is -3.69. The second-order valence-corrected chi connectivity index (χ2v) is 9.48. The lowest BCUT2D eigenvalue weighted by molar-refractivity contribution is -0.120. The summed E-state index contributed by atoms with van der Waals surface area (Å²) in [5.74, 6) is -0.400. The summed E-state index contributed by atoms with van der Waals surface area (Å²) < 4.78 is 25.5. The summed E-state index contributed by atoms with van der Waals surface area (Å²) >= 11 is 11.9. The summed E-state index contributed by atoms with van der Waals surface area (Å²) in [6.45, 7) is 5.63. The highest BCUT2D eigenvalue weighted by molar-refractivity contribution is 7.92. The first-order valence-electron chi connectivity index (χ1n) is 8.82. The molecule has 8 heteroatoms. The van der Waals surface area contributed by atoms with E-state index in [-0.39, 0.29) is 23.3 Å². The number of hydrogen-bond donors (Lipinski definition) is 1. The van der Waals surface area contributed by atoms with Crippen LogP contribution >= 0.6 is 23.2 Å². The number of halogens is 2. The minimum Gasteiger partial charge on any atom is -0.348 e.